The molecule has 1 aliphatic rings. The zero-order chi connectivity index (χ0) is 12.6. The monoisotopic (exact) mass is 273 g/mol. The lowest BCUT2D eigenvalue weighted by atomic mass is 9.71. The van der Waals surface area contributed by atoms with Gasteiger partial charge in [0.05, 0.1) is 0 Å². The van der Waals surface area contributed by atoms with E-state index in [1.165, 1.54) is 16.7 Å². The van der Waals surface area contributed by atoms with Crippen molar-refractivity contribution in [3.63, 3.8) is 0 Å². The highest BCUT2D eigenvalue weighted by Crippen LogP contribution is 2.42. The van der Waals surface area contributed by atoms with E-state index in [9.17, 15) is 0 Å². The van der Waals surface area contributed by atoms with Crippen molar-refractivity contribution in [2.24, 2.45) is 5.73 Å². The summed E-state index contributed by atoms with van der Waals surface area (Å²) in [6.07, 6.45) is 2.18. The first kappa shape index (κ1) is 14.1. The van der Waals surface area contributed by atoms with Crippen molar-refractivity contribution in [2.45, 2.75) is 31.2 Å². The Bertz CT molecular complexity index is 548. The van der Waals surface area contributed by atoms with Crippen LogP contribution in [0.4, 0.5) is 0 Å². The van der Waals surface area contributed by atoms with E-state index in [2.05, 4.69) is 61.5 Å². The van der Waals surface area contributed by atoms with Gasteiger partial charge in [-0.25, -0.2) is 0 Å². The van der Waals surface area contributed by atoms with Crippen LogP contribution in [0.1, 0.15) is 42.4 Å². The van der Waals surface area contributed by atoms with Crippen LogP contribution in [0, 0.1) is 0 Å². The van der Waals surface area contributed by atoms with E-state index in [4.69, 9.17) is 5.73 Å². The maximum absolute atomic E-state index is 6.43. The molecule has 0 fully saturated rings. The van der Waals surface area contributed by atoms with Gasteiger partial charge in [-0.2, -0.15) is 0 Å². The van der Waals surface area contributed by atoms with Crippen molar-refractivity contribution in [1.29, 1.82) is 0 Å². The van der Waals surface area contributed by atoms with E-state index in [0.29, 0.717) is 5.92 Å². The molecule has 0 amide bonds. The fraction of sp³-hybridized carbons (Fsp3) is 0.294. The Morgan fingerprint density at radius 1 is 1.00 bits per heavy atom. The SMILES string of the molecule is CC1(N)CCC(c2ccccc2)c2ccccc21.Cl. The third-order valence-corrected chi connectivity index (χ3v) is 4.11. The molecule has 2 heteroatoms. The maximum Gasteiger partial charge on any atom is 0.0384 e. The van der Waals surface area contributed by atoms with Gasteiger partial charge in [0.1, 0.15) is 0 Å². The van der Waals surface area contributed by atoms with E-state index < -0.39 is 0 Å². The molecule has 0 bridgehead atoms. The molecule has 2 aromatic rings. The van der Waals surface area contributed by atoms with Gasteiger partial charge < -0.3 is 5.73 Å². The average Bonchev–Trinajstić information content (AvgIpc) is 2.40. The van der Waals surface area contributed by atoms with Crippen LogP contribution in [0.3, 0.4) is 0 Å². The van der Waals surface area contributed by atoms with Crippen LogP contribution in [-0.4, -0.2) is 0 Å². The molecule has 0 heterocycles. The minimum Gasteiger partial charge on any atom is -0.322 e. The van der Waals surface area contributed by atoms with Crippen molar-refractivity contribution in [1.82, 2.24) is 0 Å². The maximum atomic E-state index is 6.43. The quantitative estimate of drug-likeness (QED) is 0.828. The van der Waals surface area contributed by atoms with Crippen LogP contribution in [0.2, 0.25) is 0 Å². The van der Waals surface area contributed by atoms with Crippen molar-refractivity contribution >= 4 is 12.4 Å². The smallest absolute Gasteiger partial charge is 0.0384 e. The highest BCUT2D eigenvalue weighted by atomic mass is 35.5. The predicted octanol–water partition coefficient (Wildman–Crippen LogP) is 4.21. The Balaban J connectivity index is 0.00000133. The number of rotatable bonds is 1. The minimum absolute atomic E-state index is 0. The van der Waals surface area contributed by atoms with Crippen LogP contribution in [0.25, 0.3) is 0 Å². The molecule has 0 radical (unpaired) electrons. The summed E-state index contributed by atoms with van der Waals surface area (Å²) >= 11 is 0. The number of nitrogens with two attached hydrogens (primary N) is 1. The van der Waals surface area contributed by atoms with E-state index in [1.807, 2.05) is 0 Å². The van der Waals surface area contributed by atoms with Crippen molar-refractivity contribution in [2.75, 3.05) is 0 Å². The topological polar surface area (TPSA) is 26.0 Å². The molecule has 2 unspecified atom stereocenters. The molecule has 2 N–H and O–H groups in total. The van der Waals surface area contributed by atoms with Crippen LogP contribution in [0.5, 0.6) is 0 Å². The van der Waals surface area contributed by atoms with Crippen molar-refractivity contribution in [3.05, 3.63) is 71.3 Å². The van der Waals surface area contributed by atoms with E-state index in [0.717, 1.165) is 12.8 Å². The second kappa shape index (κ2) is 5.36. The van der Waals surface area contributed by atoms with Gasteiger partial charge in [-0.05, 0) is 36.5 Å². The molecule has 1 nitrogen and oxygen atoms in total. The third kappa shape index (κ3) is 2.54. The van der Waals surface area contributed by atoms with Crippen molar-refractivity contribution in [3.8, 4) is 0 Å². The molecule has 0 aliphatic heterocycles. The van der Waals surface area contributed by atoms with Crippen molar-refractivity contribution < 1.29 is 0 Å². The van der Waals surface area contributed by atoms with E-state index in [-0.39, 0.29) is 17.9 Å². The largest absolute Gasteiger partial charge is 0.322 e. The Morgan fingerprint density at radius 3 is 2.37 bits per heavy atom. The van der Waals surface area contributed by atoms with Gasteiger partial charge in [0.15, 0.2) is 0 Å². The second-order valence-electron chi connectivity index (χ2n) is 5.51. The van der Waals surface area contributed by atoms with E-state index in [1.54, 1.807) is 0 Å². The summed E-state index contributed by atoms with van der Waals surface area (Å²) in [5.41, 5.74) is 10.4. The zero-order valence-electron chi connectivity index (χ0n) is 11.2. The molecule has 0 saturated carbocycles. The first-order valence-electron chi connectivity index (χ1n) is 6.62. The molecule has 1 aliphatic carbocycles. The first-order valence-corrected chi connectivity index (χ1v) is 6.62. The lowest BCUT2D eigenvalue weighted by Crippen LogP contribution is -2.38. The number of fused-ring (bicyclic) bond motifs is 1. The summed E-state index contributed by atoms with van der Waals surface area (Å²) < 4.78 is 0. The lowest BCUT2D eigenvalue weighted by molar-refractivity contribution is 0.391. The van der Waals surface area contributed by atoms with Gasteiger partial charge >= 0.3 is 0 Å². The molecule has 3 rings (SSSR count). The van der Waals surface area contributed by atoms with E-state index >= 15 is 0 Å². The predicted molar refractivity (Wildman–Crippen MR) is 82.7 cm³/mol. The summed E-state index contributed by atoms with van der Waals surface area (Å²) in [5, 5.41) is 0. The third-order valence-electron chi connectivity index (χ3n) is 4.11. The summed E-state index contributed by atoms with van der Waals surface area (Å²) in [4.78, 5) is 0. The first-order chi connectivity index (χ1) is 8.68. The molecule has 0 aromatic heterocycles. The van der Waals surface area contributed by atoms with Gasteiger partial charge in [-0.3, -0.25) is 0 Å². The molecule has 100 valence electrons. The molecular weight excluding hydrogens is 254 g/mol. The Labute approximate surface area is 121 Å². The Kier molecular flexibility index (Phi) is 3.98. The zero-order valence-corrected chi connectivity index (χ0v) is 12.0. The van der Waals surface area contributed by atoms with Crippen LogP contribution in [-0.2, 0) is 5.54 Å². The lowest BCUT2D eigenvalue weighted by Gasteiger charge is -2.37. The number of halogens is 1. The molecule has 0 spiro atoms. The fourth-order valence-corrected chi connectivity index (χ4v) is 3.09. The highest BCUT2D eigenvalue weighted by Gasteiger charge is 2.33. The summed E-state index contributed by atoms with van der Waals surface area (Å²) in [5.74, 6) is 0.499. The minimum atomic E-state index is -0.179. The number of hydrogen-bond acceptors (Lipinski definition) is 1. The molecule has 0 saturated heterocycles. The molecule has 2 aromatic carbocycles. The standard InChI is InChI=1S/C17H19N.ClH/c1-17(18)12-11-14(13-7-3-2-4-8-13)15-9-5-6-10-16(15)17;/h2-10,14H,11-12,18H2,1H3;1H. The second-order valence-corrected chi connectivity index (χ2v) is 5.51. The molecular formula is C17H20ClN. The summed E-state index contributed by atoms with van der Waals surface area (Å²) in [7, 11) is 0. The van der Waals surface area contributed by atoms with Gasteiger partial charge in [0.25, 0.3) is 0 Å². The molecule has 2 atom stereocenters. The van der Waals surface area contributed by atoms with Gasteiger partial charge in [0, 0.05) is 11.5 Å². The fourth-order valence-electron chi connectivity index (χ4n) is 3.09. The van der Waals surface area contributed by atoms with Crippen LogP contribution < -0.4 is 5.73 Å². The number of hydrogen-bond donors (Lipinski definition) is 1. The average molecular weight is 274 g/mol. The summed E-state index contributed by atoms with van der Waals surface area (Å²) in [6, 6.07) is 19.4. The van der Waals surface area contributed by atoms with Gasteiger partial charge in [-0.1, -0.05) is 54.6 Å². The number of benzene rings is 2. The molecule has 19 heavy (non-hydrogen) atoms. The van der Waals surface area contributed by atoms with Crippen LogP contribution in [0.15, 0.2) is 54.6 Å². The highest BCUT2D eigenvalue weighted by molar-refractivity contribution is 5.85. The normalized spacial score (nSPS) is 25.3. The van der Waals surface area contributed by atoms with Crippen LogP contribution >= 0.6 is 12.4 Å². The Morgan fingerprint density at radius 2 is 1.63 bits per heavy atom. The van der Waals surface area contributed by atoms with Gasteiger partial charge in [-0.15, -0.1) is 12.4 Å². The van der Waals surface area contributed by atoms with Gasteiger partial charge in [0.2, 0.25) is 0 Å². The summed E-state index contributed by atoms with van der Waals surface area (Å²) in [6.45, 7) is 2.15. The Hall–Kier alpha value is -1.31.